The predicted octanol–water partition coefficient (Wildman–Crippen LogP) is 2.40. The molecule has 1 aromatic rings. The molecule has 0 atom stereocenters. The number of benzene rings is 1. The summed E-state index contributed by atoms with van der Waals surface area (Å²) in [6.45, 7) is 9.74. The monoisotopic (exact) mass is 288 g/mol. The van der Waals surface area contributed by atoms with Gasteiger partial charge < -0.3 is 10.2 Å². The quantitative estimate of drug-likeness (QED) is 0.908. The van der Waals surface area contributed by atoms with Crippen LogP contribution in [-0.4, -0.2) is 24.4 Å². The summed E-state index contributed by atoms with van der Waals surface area (Å²) < 4.78 is 0. The number of rotatable bonds is 2. The Kier molecular flexibility index (Phi) is 3.60. The zero-order valence-corrected chi connectivity index (χ0v) is 13.7. The maximum Gasteiger partial charge on any atom is 0.236 e. The average Bonchev–Trinajstić information content (AvgIpc) is 2.49. The first-order valence-corrected chi connectivity index (χ1v) is 7.25. The standard InChI is InChI=1S/C17H24N2O2/c1-16(2,3)18-14(20)10-11-7-8-13-12(9-11)17(4,5)15(21)19(13)6/h7-9H,10H2,1-6H3,(H,18,20). The molecule has 0 radical (unpaired) electrons. The van der Waals surface area contributed by atoms with Crippen LogP contribution in [0.5, 0.6) is 0 Å². The summed E-state index contributed by atoms with van der Waals surface area (Å²) in [6, 6.07) is 5.84. The van der Waals surface area contributed by atoms with Crippen molar-refractivity contribution in [3.8, 4) is 0 Å². The summed E-state index contributed by atoms with van der Waals surface area (Å²) in [7, 11) is 1.79. The van der Waals surface area contributed by atoms with E-state index >= 15 is 0 Å². The van der Waals surface area contributed by atoms with E-state index in [1.165, 1.54) is 0 Å². The van der Waals surface area contributed by atoms with Gasteiger partial charge in [0, 0.05) is 18.3 Å². The molecule has 0 unspecified atom stereocenters. The van der Waals surface area contributed by atoms with E-state index < -0.39 is 5.41 Å². The second-order valence-corrected chi connectivity index (χ2v) is 7.32. The Morgan fingerprint density at radius 3 is 2.48 bits per heavy atom. The minimum absolute atomic E-state index is 0.00191. The van der Waals surface area contributed by atoms with Crippen LogP contribution in [0, 0.1) is 0 Å². The molecule has 0 aliphatic carbocycles. The van der Waals surface area contributed by atoms with Crippen LogP contribution in [0.15, 0.2) is 18.2 Å². The molecule has 1 aliphatic rings. The van der Waals surface area contributed by atoms with Crippen LogP contribution in [0.1, 0.15) is 45.7 Å². The van der Waals surface area contributed by atoms with Gasteiger partial charge in [0.2, 0.25) is 11.8 Å². The Bertz CT molecular complexity index is 597. The minimum Gasteiger partial charge on any atom is -0.351 e. The van der Waals surface area contributed by atoms with E-state index in [-0.39, 0.29) is 17.4 Å². The number of amides is 2. The lowest BCUT2D eigenvalue weighted by molar-refractivity contribution is -0.122. The SMILES string of the molecule is CN1C(=O)C(C)(C)c2cc(CC(=O)NC(C)(C)C)ccc21. The molecular formula is C17H24N2O2. The lowest BCUT2D eigenvalue weighted by Crippen LogP contribution is -2.41. The second kappa shape index (κ2) is 4.86. The smallest absolute Gasteiger partial charge is 0.236 e. The Labute approximate surface area is 126 Å². The highest BCUT2D eigenvalue weighted by molar-refractivity contribution is 6.07. The Hall–Kier alpha value is -1.84. The fraction of sp³-hybridized carbons (Fsp3) is 0.529. The number of nitrogens with one attached hydrogen (secondary N) is 1. The van der Waals surface area contributed by atoms with Gasteiger partial charge in [0.15, 0.2) is 0 Å². The zero-order valence-electron chi connectivity index (χ0n) is 13.7. The van der Waals surface area contributed by atoms with Gasteiger partial charge in [0.05, 0.1) is 11.8 Å². The van der Waals surface area contributed by atoms with Gasteiger partial charge in [0.1, 0.15) is 0 Å². The largest absolute Gasteiger partial charge is 0.351 e. The summed E-state index contributed by atoms with van der Waals surface area (Å²) in [6.07, 6.45) is 0.332. The van der Waals surface area contributed by atoms with Gasteiger partial charge in [-0.2, -0.15) is 0 Å². The molecule has 0 aromatic heterocycles. The van der Waals surface area contributed by atoms with Crippen molar-refractivity contribution in [2.45, 2.75) is 52.0 Å². The van der Waals surface area contributed by atoms with E-state index in [1.807, 2.05) is 52.8 Å². The normalized spacial score (nSPS) is 16.9. The van der Waals surface area contributed by atoms with Crippen LogP contribution in [0.2, 0.25) is 0 Å². The molecule has 1 heterocycles. The molecule has 2 amide bonds. The number of anilines is 1. The predicted molar refractivity (Wildman–Crippen MR) is 84.5 cm³/mol. The van der Waals surface area contributed by atoms with E-state index in [1.54, 1.807) is 11.9 Å². The third kappa shape index (κ3) is 2.94. The fourth-order valence-corrected chi connectivity index (χ4v) is 2.78. The molecule has 0 spiro atoms. The topological polar surface area (TPSA) is 49.4 Å². The van der Waals surface area contributed by atoms with Crippen LogP contribution >= 0.6 is 0 Å². The van der Waals surface area contributed by atoms with Crippen LogP contribution < -0.4 is 10.2 Å². The van der Waals surface area contributed by atoms with Crippen molar-refractivity contribution in [2.24, 2.45) is 0 Å². The second-order valence-electron chi connectivity index (χ2n) is 7.32. The van der Waals surface area contributed by atoms with Crippen molar-refractivity contribution in [1.29, 1.82) is 0 Å². The Morgan fingerprint density at radius 2 is 1.90 bits per heavy atom. The van der Waals surface area contributed by atoms with Gasteiger partial charge in [-0.05, 0) is 51.8 Å². The molecule has 1 N–H and O–H groups in total. The lowest BCUT2D eigenvalue weighted by atomic mass is 9.85. The number of hydrogen-bond acceptors (Lipinski definition) is 2. The molecule has 2 rings (SSSR count). The summed E-state index contributed by atoms with van der Waals surface area (Å²) in [4.78, 5) is 26.0. The molecular weight excluding hydrogens is 264 g/mol. The van der Waals surface area contributed by atoms with Crippen molar-refractivity contribution in [3.63, 3.8) is 0 Å². The first-order valence-electron chi connectivity index (χ1n) is 7.25. The van der Waals surface area contributed by atoms with E-state index in [0.717, 1.165) is 16.8 Å². The molecule has 0 saturated carbocycles. The molecule has 0 fully saturated rings. The molecule has 4 heteroatoms. The summed E-state index contributed by atoms with van der Waals surface area (Å²) in [5, 5.41) is 2.96. The van der Waals surface area contributed by atoms with Gasteiger partial charge in [-0.1, -0.05) is 12.1 Å². The molecule has 0 saturated heterocycles. The van der Waals surface area contributed by atoms with Gasteiger partial charge >= 0.3 is 0 Å². The molecule has 114 valence electrons. The zero-order chi connectivity index (χ0) is 16.0. The fourth-order valence-electron chi connectivity index (χ4n) is 2.78. The number of fused-ring (bicyclic) bond motifs is 1. The Morgan fingerprint density at radius 1 is 1.29 bits per heavy atom. The van der Waals surface area contributed by atoms with Crippen LogP contribution in [-0.2, 0) is 21.4 Å². The third-order valence-corrected chi connectivity index (χ3v) is 3.81. The lowest BCUT2D eigenvalue weighted by Gasteiger charge is -2.21. The maximum absolute atomic E-state index is 12.3. The third-order valence-electron chi connectivity index (χ3n) is 3.81. The van der Waals surface area contributed by atoms with E-state index in [2.05, 4.69) is 5.32 Å². The molecule has 0 bridgehead atoms. The number of nitrogens with zero attached hydrogens (tertiary/aromatic N) is 1. The first kappa shape index (κ1) is 15.5. The van der Waals surface area contributed by atoms with Gasteiger partial charge in [-0.15, -0.1) is 0 Å². The summed E-state index contributed by atoms with van der Waals surface area (Å²) >= 11 is 0. The van der Waals surface area contributed by atoms with Crippen molar-refractivity contribution < 1.29 is 9.59 Å². The van der Waals surface area contributed by atoms with E-state index in [9.17, 15) is 9.59 Å². The molecule has 21 heavy (non-hydrogen) atoms. The molecule has 1 aromatic carbocycles. The highest BCUT2D eigenvalue weighted by atomic mass is 16.2. The average molecular weight is 288 g/mol. The van der Waals surface area contributed by atoms with Crippen LogP contribution in [0.4, 0.5) is 5.69 Å². The van der Waals surface area contributed by atoms with Gasteiger partial charge in [0.25, 0.3) is 0 Å². The molecule has 1 aliphatic heterocycles. The van der Waals surface area contributed by atoms with Gasteiger partial charge in [-0.25, -0.2) is 0 Å². The summed E-state index contributed by atoms with van der Waals surface area (Å²) in [5.41, 5.74) is 2.11. The van der Waals surface area contributed by atoms with E-state index in [0.29, 0.717) is 6.42 Å². The van der Waals surface area contributed by atoms with Crippen molar-refractivity contribution in [3.05, 3.63) is 29.3 Å². The number of hydrogen-bond donors (Lipinski definition) is 1. The van der Waals surface area contributed by atoms with Crippen molar-refractivity contribution in [2.75, 3.05) is 11.9 Å². The highest BCUT2D eigenvalue weighted by Gasteiger charge is 2.42. The van der Waals surface area contributed by atoms with Crippen molar-refractivity contribution in [1.82, 2.24) is 5.32 Å². The van der Waals surface area contributed by atoms with E-state index in [4.69, 9.17) is 0 Å². The van der Waals surface area contributed by atoms with Gasteiger partial charge in [-0.3, -0.25) is 9.59 Å². The number of carbonyl (C=O) groups is 2. The minimum atomic E-state index is -0.527. The number of carbonyl (C=O) groups excluding carboxylic acids is 2. The molecule has 4 nitrogen and oxygen atoms in total. The Balaban J connectivity index is 2.25. The van der Waals surface area contributed by atoms with Crippen LogP contribution in [0.3, 0.4) is 0 Å². The number of likely N-dealkylation sites (N-methyl/N-ethyl adjacent to an activating group) is 1. The summed E-state index contributed by atoms with van der Waals surface area (Å²) in [5.74, 6) is 0.0896. The van der Waals surface area contributed by atoms with Crippen LogP contribution in [0.25, 0.3) is 0 Å². The highest BCUT2D eigenvalue weighted by Crippen LogP contribution is 2.41. The first-order chi connectivity index (χ1) is 9.52. The van der Waals surface area contributed by atoms with Crippen molar-refractivity contribution >= 4 is 17.5 Å². The maximum atomic E-state index is 12.3.